The van der Waals surface area contributed by atoms with Gasteiger partial charge >= 0.3 is 5.97 Å². The molecule has 1 heterocycles. The summed E-state index contributed by atoms with van der Waals surface area (Å²) in [6.45, 7) is 2.69. The molecule has 0 aliphatic carbocycles. The van der Waals surface area contributed by atoms with Gasteiger partial charge in [0.05, 0.1) is 25.8 Å². The van der Waals surface area contributed by atoms with Crippen molar-refractivity contribution in [1.29, 1.82) is 0 Å². The number of aromatic amines is 1. The summed E-state index contributed by atoms with van der Waals surface area (Å²) in [6.07, 6.45) is 1.77. The molecule has 0 spiro atoms. The molecule has 0 aliphatic heterocycles. The van der Waals surface area contributed by atoms with Crippen molar-refractivity contribution in [3.8, 4) is 22.8 Å². The van der Waals surface area contributed by atoms with Crippen molar-refractivity contribution in [3.63, 3.8) is 0 Å². The predicted octanol–water partition coefficient (Wildman–Crippen LogP) is 4.79. The van der Waals surface area contributed by atoms with E-state index in [0.29, 0.717) is 34.9 Å². The number of unbranched alkanes of at least 4 members (excludes halogenated alkanes) is 1. The minimum Gasteiger partial charge on any atom is -0.496 e. The Balaban J connectivity index is 2.15. The van der Waals surface area contributed by atoms with Crippen LogP contribution in [-0.2, 0) is 11.2 Å². The Labute approximate surface area is 156 Å². The number of carboxylic acids is 1. The van der Waals surface area contributed by atoms with Crippen LogP contribution in [0, 0.1) is 5.82 Å². The van der Waals surface area contributed by atoms with Gasteiger partial charge in [0.25, 0.3) is 0 Å². The average Bonchev–Trinajstić information content (AvgIpc) is 2.99. The van der Waals surface area contributed by atoms with E-state index < -0.39 is 11.8 Å². The van der Waals surface area contributed by atoms with Gasteiger partial charge in [0, 0.05) is 16.5 Å². The number of H-pyrrole nitrogens is 1. The van der Waals surface area contributed by atoms with Crippen molar-refractivity contribution in [1.82, 2.24) is 4.98 Å². The highest BCUT2D eigenvalue weighted by Gasteiger charge is 2.19. The Morgan fingerprint density at radius 1 is 1.22 bits per heavy atom. The molecule has 2 aromatic carbocycles. The van der Waals surface area contributed by atoms with E-state index in [9.17, 15) is 14.3 Å². The largest absolute Gasteiger partial charge is 0.496 e. The van der Waals surface area contributed by atoms with Gasteiger partial charge in [0.2, 0.25) is 0 Å². The second kappa shape index (κ2) is 8.12. The lowest BCUT2D eigenvalue weighted by Crippen LogP contribution is -2.02. The molecule has 3 rings (SSSR count). The topological polar surface area (TPSA) is 71.5 Å². The van der Waals surface area contributed by atoms with Crippen LogP contribution in [0.3, 0.4) is 0 Å². The van der Waals surface area contributed by atoms with Crippen molar-refractivity contribution in [2.75, 3.05) is 13.7 Å². The molecule has 0 atom stereocenters. The normalized spacial score (nSPS) is 10.9. The molecule has 0 radical (unpaired) electrons. The molecule has 3 aromatic rings. The van der Waals surface area contributed by atoms with Crippen molar-refractivity contribution in [3.05, 3.63) is 47.8 Å². The standard InChI is InChI=1S/C21H22FNO4/c1-3-4-9-27-14-6-7-18-15(11-14)16(12-20(24)25)21(23-18)17-10-13(22)5-8-19(17)26-2/h5-8,10-11,23H,3-4,9,12H2,1-2H3,(H,24,25). The third-order valence-electron chi connectivity index (χ3n) is 4.40. The lowest BCUT2D eigenvalue weighted by molar-refractivity contribution is -0.136. The van der Waals surface area contributed by atoms with Gasteiger partial charge in [-0.15, -0.1) is 0 Å². The summed E-state index contributed by atoms with van der Waals surface area (Å²) in [4.78, 5) is 14.7. The van der Waals surface area contributed by atoms with Crippen LogP contribution >= 0.6 is 0 Å². The summed E-state index contributed by atoms with van der Waals surface area (Å²) in [5.41, 5.74) is 2.35. The molecule has 0 aliphatic rings. The number of hydrogen-bond acceptors (Lipinski definition) is 3. The van der Waals surface area contributed by atoms with Gasteiger partial charge in [-0.3, -0.25) is 4.79 Å². The number of methoxy groups -OCH3 is 1. The number of aromatic nitrogens is 1. The summed E-state index contributed by atoms with van der Waals surface area (Å²) >= 11 is 0. The fourth-order valence-corrected chi connectivity index (χ4v) is 3.09. The Morgan fingerprint density at radius 2 is 2.04 bits per heavy atom. The van der Waals surface area contributed by atoms with Gasteiger partial charge in [-0.25, -0.2) is 4.39 Å². The van der Waals surface area contributed by atoms with Gasteiger partial charge < -0.3 is 19.6 Å². The molecule has 6 heteroatoms. The number of carboxylic acid groups (broad SMARTS) is 1. The highest BCUT2D eigenvalue weighted by molar-refractivity contribution is 5.95. The Kier molecular flexibility index (Phi) is 5.64. The fraction of sp³-hybridized carbons (Fsp3) is 0.286. The van der Waals surface area contributed by atoms with E-state index in [2.05, 4.69) is 11.9 Å². The highest BCUT2D eigenvalue weighted by atomic mass is 19.1. The van der Waals surface area contributed by atoms with E-state index in [4.69, 9.17) is 9.47 Å². The van der Waals surface area contributed by atoms with E-state index in [1.54, 1.807) is 0 Å². The monoisotopic (exact) mass is 371 g/mol. The summed E-state index contributed by atoms with van der Waals surface area (Å²) in [5, 5.41) is 10.1. The smallest absolute Gasteiger partial charge is 0.307 e. The first kappa shape index (κ1) is 18.8. The molecular formula is C21H22FNO4. The summed E-state index contributed by atoms with van der Waals surface area (Å²) in [6, 6.07) is 9.69. The number of benzene rings is 2. The maximum atomic E-state index is 13.9. The number of ether oxygens (including phenoxy) is 2. The Morgan fingerprint density at radius 3 is 2.74 bits per heavy atom. The van der Waals surface area contributed by atoms with E-state index in [-0.39, 0.29) is 6.42 Å². The highest BCUT2D eigenvalue weighted by Crippen LogP contribution is 2.37. The minimum absolute atomic E-state index is 0.201. The van der Waals surface area contributed by atoms with Crippen LogP contribution in [0.2, 0.25) is 0 Å². The van der Waals surface area contributed by atoms with Crippen molar-refractivity contribution >= 4 is 16.9 Å². The van der Waals surface area contributed by atoms with Crippen LogP contribution in [0.5, 0.6) is 11.5 Å². The molecule has 1 aromatic heterocycles. The zero-order chi connectivity index (χ0) is 19.4. The van der Waals surface area contributed by atoms with Gasteiger partial charge in [0.15, 0.2) is 0 Å². The third-order valence-corrected chi connectivity index (χ3v) is 4.40. The first-order valence-corrected chi connectivity index (χ1v) is 8.86. The molecule has 2 N–H and O–H groups in total. The fourth-order valence-electron chi connectivity index (χ4n) is 3.09. The molecule has 0 bridgehead atoms. The number of halogens is 1. The first-order chi connectivity index (χ1) is 13.0. The first-order valence-electron chi connectivity index (χ1n) is 8.86. The SMILES string of the molecule is CCCCOc1ccc2[nH]c(-c3cc(F)ccc3OC)c(CC(=O)O)c2c1. The number of carbonyl (C=O) groups is 1. The number of nitrogens with one attached hydrogen (secondary N) is 1. The summed E-state index contributed by atoms with van der Waals surface area (Å²) < 4.78 is 24.9. The maximum absolute atomic E-state index is 13.9. The second-order valence-electron chi connectivity index (χ2n) is 6.30. The van der Waals surface area contributed by atoms with Crippen LogP contribution < -0.4 is 9.47 Å². The quantitative estimate of drug-likeness (QED) is 0.559. The molecule has 0 amide bonds. The zero-order valence-corrected chi connectivity index (χ0v) is 15.3. The van der Waals surface area contributed by atoms with Crippen LogP contribution in [0.4, 0.5) is 4.39 Å². The molecule has 0 saturated carbocycles. The minimum atomic E-state index is -0.968. The molecule has 142 valence electrons. The van der Waals surface area contributed by atoms with E-state index in [1.807, 2.05) is 18.2 Å². The maximum Gasteiger partial charge on any atom is 0.307 e. The van der Waals surface area contributed by atoms with Crippen molar-refractivity contribution < 1.29 is 23.8 Å². The number of rotatable bonds is 8. The van der Waals surface area contributed by atoms with Crippen LogP contribution in [-0.4, -0.2) is 29.8 Å². The Hall–Kier alpha value is -3.02. The Bertz CT molecular complexity index is 964. The van der Waals surface area contributed by atoms with Crippen LogP contribution in [0.15, 0.2) is 36.4 Å². The summed E-state index contributed by atoms with van der Waals surface area (Å²) in [7, 11) is 1.50. The molecule has 0 unspecified atom stereocenters. The molecule has 27 heavy (non-hydrogen) atoms. The summed E-state index contributed by atoms with van der Waals surface area (Å²) in [5.74, 6) is -0.243. The molecule has 0 saturated heterocycles. The molecular weight excluding hydrogens is 349 g/mol. The van der Waals surface area contributed by atoms with E-state index in [0.717, 1.165) is 23.7 Å². The van der Waals surface area contributed by atoms with Crippen molar-refractivity contribution in [2.24, 2.45) is 0 Å². The predicted molar refractivity (Wildman–Crippen MR) is 102 cm³/mol. The number of hydrogen-bond donors (Lipinski definition) is 2. The third kappa shape index (κ3) is 4.05. The van der Waals surface area contributed by atoms with E-state index >= 15 is 0 Å². The van der Waals surface area contributed by atoms with Gasteiger partial charge in [-0.05, 0) is 48.4 Å². The van der Waals surface area contributed by atoms with E-state index in [1.165, 1.54) is 25.3 Å². The number of aliphatic carboxylic acids is 1. The lowest BCUT2D eigenvalue weighted by atomic mass is 10.0. The second-order valence-corrected chi connectivity index (χ2v) is 6.30. The lowest BCUT2D eigenvalue weighted by Gasteiger charge is -2.09. The molecule has 0 fully saturated rings. The average molecular weight is 371 g/mol. The molecule has 5 nitrogen and oxygen atoms in total. The van der Waals surface area contributed by atoms with Gasteiger partial charge in [-0.2, -0.15) is 0 Å². The zero-order valence-electron chi connectivity index (χ0n) is 15.3. The van der Waals surface area contributed by atoms with Gasteiger partial charge in [-0.1, -0.05) is 13.3 Å². The van der Waals surface area contributed by atoms with Crippen LogP contribution in [0.1, 0.15) is 25.3 Å². The van der Waals surface area contributed by atoms with Gasteiger partial charge in [0.1, 0.15) is 17.3 Å². The van der Waals surface area contributed by atoms with Crippen molar-refractivity contribution in [2.45, 2.75) is 26.2 Å². The van der Waals surface area contributed by atoms with Crippen LogP contribution in [0.25, 0.3) is 22.2 Å². The number of fused-ring (bicyclic) bond motifs is 1.